The van der Waals surface area contributed by atoms with Crippen molar-refractivity contribution in [1.82, 2.24) is 14.7 Å². The van der Waals surface area contributed by atoms with Crippen LogP contribution in [0, 0.1) is 11.8 Å². The van der Waals surface area contributed by atoms with Crippen LogP contribution in [0.5, 0.6) is 0 Å². The number of amides is 2. The summed E-state index contributed by atoms with van der Waals surface area (Å²) in [6, 6.07) is -1.53. The smallest absolute Gasteiger partial charge is 0.313 e. The average Bonchev–Trinajstić information content (AvgIpc) is 3.19. The highest BCUT2D eigenvalue weighted by Crippen LogP contribution is 2.57. The van der Waals surface area contributed by atoms with Gasteiger partial charge in [0.15, 0.2) is 0 Å². The van der Waals surface area contributed by atoms with Gasteiger partial charge in [0.2, 0.25) is 11.8 Å². The fourth-order valence-electron chi connectivity index (χ4n) is 6.57. The lowest BCUT2D eigenvalue weighted by Crippen LogP contribution is -2.59. The maximum Gasteiger partial charge on any atom is 0.313 e. The van der Waals surface area contributed by atoms with Gasteiger partial charge < -0.3 is 29.1 Å². The number of aliphatic hydroxyl groups excluding tert-OH is 1. The maximum absolute atomic E-state index is 14.2. The minimum atomic E-state index is -1.32. The number of ether oxygens (including phenoxy) is 3. The molecule has 0 aromatic heterocycles. The summed E-state index contributed by atoms with van der Waals surface area (Å²) < 4.78 is 17.7. The highest BCUT2D eigenvalue weighted by molar-refractivity contribution is 5.99. The summed E-state index contributed by atoms with van der Waals surface area (Å²) in [4.78, 5) is 47.1. The van der Waals surface area contributed by atoms with Crippen LogP contribution in [-0.4, -0.2) is 120 Å². The molecule has 1 unspecified atom stereocenters. The van der Waals surface area contributed by atoms with E-state index >= 15 is 0 Å². The molecule has 0 bridgehead atoms. The van der Waals surface area contributed by atoms with Gasteiger partial charge >= 0.3 is 5.97 Å². The first kappa shape index (κ1) is 25.4. The summed E-state index contributed by atoms with van der Waals surface area (Å²) >= 11 is 0. The van der Waals surface area contributed by atoms with E-state index in [1.807, 2.05) is 31.2 Å². The molecule has 5 aliphatic rings. The number of carbonyl (C=O) groups excluding carboxylic acids is 3. The van der Waals surface area contributed by atoms with Crippen LogP contribution in [0.3, 0.4) is 0 Å². The van der Waals surface area contributed by atoms with Crippen LogP contribution in [0.15, 0.2) is 24.3 Å². The van der Waals surface area contributed by atoms with Gasteiger partial charge in [0.05, 0.1) is 44.0 Å². The minimum absolute atomic E-state index is 0.216. The van der Waals surface area contributed by atoms with Gasteiger partial charge in [0.25, 0.3) is 0 Å². The predicted molar refractivity (Wildman–Crippen MR) is 129 cm³/mol. The van der Waals surface area contributed by atoms with Crippen molar-refractivity contribution in [3.63, 3.8) is 0 Å². The van der Waals surface area contributed by atoms with Crippen LogP contribution in [0.1, 0.15) is 26.7 Å². The van der Waals surface area contributed by atoms with Crippen molar-refractivity contribution in [1.29, 1.82) is 0 Å². The molecule has 10 heteroatoms. The van der Waals surface area contributed by atoms with E-state index in [9.17, 15) is 19.5 Å². The summed E-state index contributed by atoms with van der Waals surface area (Å²) in [7, 11) is 0. The summed E-state index contributed by atoms with van der Waals surface area (Å²) in [6.45, 7) is 8.21. The van der Waals surface area contributed by atoms with Gasteiger partial charge in [-0.3, -0.25) is 19.3 Å². The predicted octanol–water partition coefficient (Wildman–Crippen LogP) is -0.0381. The SMILES string of the molecule is CC[C@@H](CO)N1C(=O)[C@@H]2[C@@H]3C(=O)OCCC=C[C@]3(C)O[C@@]23C=CCN(CCN2CCOCC2)C(=O)C13. The molecule has 36 heavy (non-hydrogen) atoms. The Kier molecular flexibility index (Phi) is 6.97. The van der Waals surface area contributed by atoms with Gasteiger partial charge in [-0.15, -0.1) is 0 Å². The van der Waals surface area contributed by atoms with E-state index < -0.39 is 41.1 Å². The van der Waals surface area contributed by atoms with Crippen molar-refractivity contribution >= 4 is 17.8 Å². The van der Waals surface area contributed by atoms with Crippen molar-refractivity contribution in [3.05, 3.63) is 24.3 Å². The number of aliphatic hydroxyl groups is 1. The Bertz CT molecular complexity index is 944. The number of fused-ring (bicyclic) bond motifs is 2. The molecule has 3 saturated heterocycles. The molecule has 0 aromatic carbocycles. The molecular weight excluding hydrogens is 466 g/mol. The van der Waals surface area contributed by atoms with Crippen molar-refractivity contribution in [2.45, 2.75) is 50.0 Å². The zero-order valence-corrected chi connectivity index (χ0v) is 21.1. The van der Waals surface area contributed by atoms with E-state index in [1.54, 1.807) is 11.8 Å². The molecule has 6 atom stereocenters. The van der Waals surface area contributed by atoms with Gasteiger partial charge in [-0.05, 0) is 19.8 Å². The fraction of sp³-hybridized carbons (Fsp3) is 0.731. The number of esters is 1. The van der Waals surface area contributed by atoms with Crippen LogP contribution in [0.25, 0.3) is 0 Å². The lowest BCUT2D eigenvalue weighted by atomic mass is 9.74. The molecule has 0 aliphatic carbocycles. The number of hydrogen-bond donors (Lipinski definition) is 1. The highest BCUT2D eigenvalue weighted by Gasteiger charge is 2.75. The second-order valence-corrected chi connectivity index (χ2v) is 10.5. The molecule has 1 spiro atoms. The molecule has 5 heterocycles. The van der Waals surface area contributed by atoms with Gasteiger partial charge in [0, 0.05) is 32.7 Å². The molecule has 2 amide bonds. The van der Waals surface area contributed by atoms with E-state index in [1.165, 1.54) is 4.90 Å². The normalized spacial score (nSPS) is 37.6. The third kappa shape index (κ3) is 3.98. The first-order valence-corrected chi connectivity index (χ1v) is 13.1. The van der Waals surface area contributed by atoms with E-state index in [4.69, 9.17) is 14.2 Å². The molecule has 198 valence electrons. The largest absolute Gasteiger partial charge is 0.465 e. The van der Waals surface area contributed by atoms with Crippen molar-refractivity contribution in [2.24, 2.45) is 11.8 Å². The second kappa shape index (κ2) is 9.89. The van der Waals surface area contributed by atoms with Gasteiger partial charge in [-0.2, -0.15) is 0 Å². The van der Waals surface area contributed by atoms with Gasteiger partial charge in [-0.1, -0.05) is 31.2 Å². The Morgan fingerprint density at radius 2 is 1.83 bits per heavy atom. The quantitative estimate of drug-likeness (QED) is 0.398. The van der Waals surface area contributed by atoms with Crippen LogP contribution in [0.2, 0.25) is 0 Å². The number of cyclic esters (lactones) is 1. The number of rotatable bonds is 6. The fourth-order valence-corrected chi connectivity index (χ4v) is 6.57. The number of hydrogen-bond acceptors (Lipinski definition) is 8. The Morgan fingerprint density at radius 3 is 2.56 bits per heavy atom. The molecule has 5 aliphatic heterocycles. The molecule has 0 saturated carbocycles. The van der Waals surface area contributed by atoms with Crippen molar-refractivity contribution < 1.29 is 33.7 Å². The Morgan fingerprint density at radius 1 is 1.06 bits per heavy atom. The van der Waals surface area contributed by atoms with E-state index in [-0.39, 0.29) is 25.0 Å². The van der Waals surface area contributed by atoms with Crippen molar-refractivity contribution in [3.8, 4) is 0 Å². The maximum atomic E-state index is 14.2. The summed E-state index contributed by atoms with van der Waals surface area (Å²) in [6.07, 6.45) is 8.51. The Labute approximate surface area is 211 Å². The number of carbonyl (C=O) groups is 3. The molecule has 0 aromatic rings. The van der Waals surface area contributed by atoms with Crippen LogP contribution < -0.4 is 0 Å². The number of morpholine rings is 1. The van der Waals surface area contributed by atoms with Crippen LogP contribution in [0.4, 0.5) is 0 Å². The molecular formula is C26H37N3O7. The molecule has 1 N–H and O–H groups in total. The van der Waals surface area contributed by atoms with E-state index in [0.717, 1.165) is 13.1 Å². The lowest BCUT2D eigenvalue weighted by Gasteiger charge is -2.40. The molecule has 10 nitrogen and oxygen atoms in total. The first-order valence-electron chi connectivity index (χ1n) is 13.1. The zero-order valence-electron chi connectivity index (χ0n) is 21.1. The number of likely N-dealkylation sites (tertiary alicyclic amines) is 1. The van der Waals surface area contributed by atoms with E-state index in [2.05, 4.69) is 4.90 Å². The van der Waals surface area contributed by atoms with Gasteiger partial charge in [0.1, 0.15) is 17.6 Å². The number of nitrogens with zero attached hydrogens (tertiary/aromatic N) is 3. The summed E-state index contributed by atoms with van der Waals surface area (Å²) in [5.74, 6) is -2.84. The summed E-state index contributed by atoms with van der Waals surface area (Å²) in [5, 5.41) is 10.2. The summed E-state index contributed by atoms with van der Waals surface area (Å²) in [5.41, 5.74) is -2.41. The molecule has 0 radical (unpaired) electrons. The highest BCUT2D eigenvalue weighted by atomic mass is 16.6. The third-order valence-corrected chi connectivity index (χ3v) is 8.41. The second-order valence-electron chi connectivity index (χ2n) is 10.5. The monoisotopic (exact) mass is 503 g/mol. The van der Waals surface area contributed by atoms with Crippen LogP contribution >= 0.6 is 0 Å². The zero-order chi connectivity index (χ0) is 25.5. The topological polar surface area (TPSA) is 109 Å². The Balaban J connectivity index is 1.53. The van der Waals surface area contributed by atoms with Crippen LogP contribution in [-0.2, 0) is 28.6 Å². The molecule has 5 rings (SSSR count). The molecule has 3 fully saturated rings. The standard InChI is InChI=1S/C26H37N3O7/c1-3-18(17-30)29-21-23(32)28(11-10-27-12-15-34-16-13-27)9-6-8-26(21)19(22(29)31)20-24(33)35-14-5-4-7-25(20,2)36-26/h4,6-8,18-21,30H,3,5,9-17H2,1-2H3/t18-,19-,20+,21?,25-,26-/m0/s1. The van der Waals surface area contributed by atoms with Gasteiger partial charge in [-0.25, -0.2) is 0 Å². The lowest BCUT2D eigenvalue weighted by molar-refractivity contribution is -0.162. The van der Waals surface area contributed by atoms with E-state index in [0.29, 0.717) is 45.7 Å². The average molecular weight is 504 g/mol. The third-order valence-electron chi connectivity index (χ3n) is 8.41. The van der Waals surface area contributed by atoms with Crippen molar-refractivity contribution in [2.75, 3.05) is 59.2 Å². The Hall–Kier alpha value is -2.27. The minimum Gasteiger partial charge on any atom is -0.465 e. The first-order chi connectivity index (χ1) is 17.4.